The summed E-state index contributed by atoms with van der Waals surface area (Å²) in [6.07, 6.45) is 1.20. The van der Waals surface area contributed by atoms with Gasteiger partial charge in [-0.25, -0.2) is 0 Å². The first kappa shape index (κ1) is 36.3. The van der Waals surface area contributed by atoms with Crippen LogP contribution in [0.3, 0.4) is 0 Å². The highest BCUT2D eigenvalue weighted by atomic mass is 35.5. The summed E-state index contributed by atoms with van der Waals surface area (Å²) < 4.78 is 16.6. The van der Waals surface area contributed by atoms with Crippen LogP contribution in [0.5, 0.6) is 11.5 Å². The molecule has 0 fully saturated rings. The number of hydrogen-bond acceptors (Lipinski definition) is 12. The van der Waals surface area contributed by atoms with Crippen LogP contribution in [-0.2, 0) is 14.8 Å². The summed E-state index contributed by atoms with van der Waals surface area (Å²) in [5, 5.41) is 29.0. The second-order valence-corrected chi connectivity index (χ2v) is 11.9. The molecule has 1 heterocycles. The lowest BCUT2D eigenvalue weighted by Crippen LogP contribution is -2.37. The van der Waals surface area contributed by atoms with Crippen molar-refractivity contribution in [2.24, 2.45) is 0 Å². The minimum atomic E-state index is -4.10. The number of hydrogen-bond donors (Lipinski definition) is 6. The predicted octanol–water partition coefficient (Wildman–Crippen LogP) is 2.79. The van der Waals surface area contributed by atoms with Gasteiger partial charge in [-0.1, -0.05) is 62.3 Å². The molecule has 1 aromatic heterocycles. The van der Waals surface area contributed by atoms with Crippen LogP contribution in [0.4, 0.5) is 11.4 Å². The third-order valence-corrected chi connectivity index (χ3v) is 6.31. The van der Waals surface area contributed by atoms with Crippen molar-refractivity contribution >= 4 is 48.3 Å². The number of halogens is 1. The fraction of sp³-hybridized carbons (Fsp3) is 0.304. The summed E-state index contributed by atoms with van der Waals surface area (Å²) >= 11 is 7.23. The Kier molecular flexibility index (Phi) is 13.9. The predicted molar refractivity (Wildman–Crippen MR) is 159 cm³/mol. The first-order valence-corrected chi connectivity index (χ1v) is 15.0. The maximum absolute atomic E-state index is 11.7. The highest BCUT2D eigenvalue weighted by Gasteiger charge is 2.22. The fourth-order valence-electron chi connectivity index (χ4n) is 2.72. The topological polar surface area (TPSA) is 259 Å². The molecule has 8 N–H and O–H groups in total. The molecule has 0 radical (unpaired) electrons. The monoisotopic (exact) mass is 647 g/mol. The summed E-state index contributed by atoms with van der Waals surface area (Å²) in [4.78, 5) is 47.9. The maximum atomic E-state index is 11.7. The average Bonchev–Trinajstić information content (AvgIpc) is 2.88. The maximum Gasteiger partial charge on any atom is 0.339 e. The Morgan fingerprint density at radius 2 is 1.81 bits per heavy atom. The van der Waals surface area contributed by atoms with Gasteiger partial charge in [0.2, 0.25) is 5.16 Å². The number of carbonyl (C=O) groups is 1. The molecule has 0 spiro atoms. The largest absolute Gasteiger partial charge is 0.480 e. The van der Waals surface area contributed by atoms with Crippen molar-refractivity contribution in [3.8, 4) is 11.5 Å². The summed E-state index contributed by atoms with van der Waals surface area (Å²) in [6.45, 7) is 5.26. The molecule has 0 saturated heterocycles. The molecule has 0 aliphatic rings. The number of thioether (sulfide) groups is 1. The van der Waals surface area contributed by atoms with E-state index in [1.807, 2.05) is 26.8 Å². The molecule has 19 heteroatoms. The number of nitro groups is 1. The van der Waals surface area contributed by atoms with E-state index in [0.29, 0.717) is 16.6 Å². The van der Waals surface area contributed by atoms with E-state index in [1.165, 1.54) is 23.9 Å². The third kappa shape index (κ3) is 12.0. The van der Waals surface area contributed by atoms with Gasteiger partial charge in [0.15, 0.2) is 0 Å². The number of rotatable bonds is 8. The van der Waals surface area contributed by atoms with Crippen LogP contribution in [0.25, 0.3) is 0 Å². The quantitative estimate of drug-likeness (QED) is 0.0513. The van der Waals surface area contributed by atoms with E-state index in [-0.39, 0.29) is 33.1 Å². The van der Waals surface area contributed by atoms with Gasteiger partial charge in [-0.05, 0) is 24.5 Å². The zero-order valence-electron chi connectivity index (χ0n) is 22.9. The number of nitrogen functional groups attached to an aromatic ring is 2. The Morgan fingerprint density at radius 1 is 1.21 bits per heavy atom. The minimum absolute atomic E-state index is 0.0352. The Labute approximate surface area is 249 Å². The molecule has 230 valence electrons. The Morgan fingerprint density at radius 3 is 2.29 bits per heavy atom. The van der Waals surface area contributed by atoms with Gasteiger partial charge in [-0.3, -0.25) is 29.6 Å². The molecule has 2 aromatic carbocycles. The number of aromatic nitrogens is 3. The molecule has 0 atom stereocenters. The Bertz CT molecular complexity index is 1480. The molecule has 0 aliphatic carbocycles. The summed E-state index contributed by atoms with van der Waals surface area (Å²) in [5.41, 5.74) is 5.02. The normalized spacial score (nSPS) is 10.9. The van der Waals surface area contributed by atoms with Gasteiger partial charge in [0, 0.05) is 11.5 Å². The molecule has 0 saturated carbocycles. The van der Waals surface area contributed by atoms with Crippen molar-refractivity contribution in [2.75, 3.05) is 30.7 Å². The van der Waals surface area contributed by atoms with Crippen molar-refractivity contribution in [3.63, 3.8) is 0 Å². The number of nitrogens with one attached hydrogen (secondary N) is 1. The highest BCUT2D eigenvalue weighted by Crippen LogP contribution is 2.38. The van der Waals surface area contributed by atoms with Gasteiger partial charge in [-0.2, -0.15) is 4.68 Å². The molecule has 42 heavy (non-hydrogen) atoms. The number of anilines is 1. The van der Waals surface area contributed by atoms with Crippen molar-refractivity contribution < 1.29 is 33.9 Å². The SMILES string of the molecule is CSc1nnc(C(C)(C)C)c(=O)n1N.Nc1c([N+](=O)[O-])ccc(Oc2ccccc2)c1Cl.O=C(O)CNCP(=O)(O)O. The number of nitrogens with zero attached hydrogens (tertiary/aromatic N) is 4. The van der Waals surface area contributed by atoms with E-state index >= 15 is 0 Å². The Balaban J connectivity index is 0.000000330. The van der Waals surface area contributed by atoms with E-state index < -0.39 is 31.3 Å². The van der Waals surface area contributed by atoms with Gasteiger partial charge in [0.05, 0.1) is 17.8 Å². The molecular weight excluding hydrogens is 617 g/mol. The van der Waals surface area contributed by atoms with Crippen LogP contribution >= 0.6 is 31.0 Å². The van der Waals surface area contributed by atoms with E-state index in [0.717, 1.165) is 4.68 Å². The molecule has 0 bridgehead atoms. The summed E-state index contributed by atoms with van der Waals surface area (Å²) in [6, 6.07) is 11.6. The number of aliphatic carboxylic acids is 1. The smallest absolute Gasteiger partial charge is 0.339 e. The van der Waals surface area contributed by atoms with E-state index in [9.17, 15) is 24.3 Å². The molecule has 3 aromatic rings. The lowest BCUT2D eigenvalue weighted by atomic mass is 9.93. The molecule has 0 unspecified atom stereocenters. The number of para-hydroxylation sites is 1. The van der Waals surface area contributed by atoms with Crippen molar-refractivity contribution in [2.45, 2.75) is 31.3 Å². The van der Waals surface area contributed by atoms with E-state index in [2.05, 4.69) is 15.5 Å². The molecule has 3 rings (SSSR count). The van der Waals surface area contributed by atoms with Crippen molar-refractivity contribution in [1.29, 1.82) is 0 Å². The second-order valence-electron chi connectivity index (χ2n) is 9.09. The summed E-state index contributed by atoms with van der Waals surface area (Å²) in [5.74, 6) is 5.29. The first-order chi connectivity index (χ1) is 19.4. The lowest BCUT2D eigenvalue weighted by Gasteiger charge is -2.16. The molecule has 16 nitrogen and oxygen atoms in total. The van der Waals surface area contributed by atoms with Crippen LogP contribution in [0.15, 0.2) is 52.4 Å². The highest BCUT2D eigenvalue weighted by molar-refractivity contribution is 7.98. The van der Waals surface area contributed by atoms with Gasteiger partial charge in [-0.15, -0.1) is 10.2 Å². The number of carboxylic acid groups (broad SMARTS) is 1. The van der Waals surface area contributed by atoms with E-state index in [1.54, 1.807) is 30.5 Å². The van der Waals surface area contributed by atoms with Crippen LogP contribution in [0.1, 0.15) is 26.5 Å². The van der Waals surface area contributed by atoms with Crippen LogP contribution in [-0.4, -0.2) is 59.7 Å². The number of nitro benzene ring substituents is 1. The number of ether oxygens (including phenoxy) is 1. The number of benzene rings is 2. The van der Waals surface area contributed by atoms with Crippen LogP contribution in [0.2, 0.25) is 5.02 Å². The fourth-order valence-corrected chi connectivity index (χ4v) is 3.72. The average molecular weight is 648 g/mol. The van der Waals surface area contributed by atoms with E-state index in [4.69, 9.17) is 42.8 Å². The van der Waals surface area contributed by atoms with Crippen LogP contribution < -0.4 is 27.2 Å². The standard InChI is InChI=1S/C12H9ClN2O3.C8H14N4OS.C3H8NO5P/c13-11-10(18-8-4-2-1-3-5-8)7-6-9(12(11)14)15(16)17;1-8(2,3)5-6(13)12(9)7(14-4)11-10-5;5-3(6)1-4-2-10(7,8)9/h1-7H,14H2;9H2,1-4H3;4H,1-2H2,(H,5,6)(H2,7,8,9). The summed E-state index contributed by atoms with van der Waals surface area (Å²) in [7, 11) is -4.10. The lowest BCUT2D eigenvalue weighted by molar-refractivity contribution is -0.383. The van der Waals surface area contributed by atoms with Gasteiger partial charge in [0.1, 0.15) is 27.9 Å². The zero-order valence-corrected chi connectivity index (χ0v) is 25.4. The van der Waals surface area contributed by atoms with Gasteiger partial charge >= 0.3 is 13.6 Å². The van der Waals surface area contributed by atoms with Crippen molar-refractivity contribution in [3.05, 3.63) is 73.6 Å². The van der Waals surface area contributed by atoms with Crippen molar-refractivity contribution in [1.82, 2.24) is 20.2 Å². The third-order valence-electron chi connectivity index (χ3n) is 4.64. The van der Waals surface area contributed by atoms with Gasteiger partial charge < -0.3 is 31.2 Å². The van der Waals surface area contributed by atoms with Crippen LogP contribution in [0, 0.1) is 10.1 Å². The zero-order chi connectivity index (χ0) is 32.3. The minimum Gasteiger partial charge on any atom is -0.480 e. The number of nitrogens with two attached hydrogens (primary N) is 2. The van der Waals surface area contributed by atoms with Gasteiger partial charge in [0.25, 0.3) is 11.2 Å². The second kappa shape index (κ2) is 16.1. The molecule has 0 amide bonds. The Hall–Kier alpha value is -3.73. The first-order valence-electron chi connectivity index (χ1n) is 11.6. The number of carboxylic acids is 1. The molecular formula is C23H31ClN7O9PS. The molecule has 0 aliphatic heterocycles.